The van der Waals surface area contributed by atoms with Crippen molar-refractivity contribution in [2.24, 2.45) is 29.6 Å². The van der Waals surface area contributed by atoms with E-state index in [1.165, 1.54) is 12.1 Å². The Bertz CT molecular complexity index is 1560. The van der Waals surface area contributed by atoms with Crippen LogP contribution in [0, 0.1) is 29.6 Å². The number of benzene rings is 1. The van der Waals surface area contributed by atoms with Gasteiger partial charge in [0.1, 0.15) is 12.3 Å². The fourth-order valence-electron chi connectivity index (χ4n) is 7.14. The van der Waals surface area contributed by atoms with Gasteiger partial charge in [-0.1, -0.05) is 17.4 Å². The van der Waals surface area contributed by atoms with Crippen LogP contribution in [0.3, 0.4) is 0 Å². The topological polar surface area (TPSA) is 112 Å². The third-order valence-electron chi connectivity index (χ3n) is 8.44. The fraction of sp³-hybridized carbons (Fsp3) is 0.385. The molecule has 2 saturated carbocycles. The van der Waals surface area contributed by atoms with Crippen LogP contribution in [-0.4, -0.2) is 39.4 Å². The van der Waals surface area contributed by atoms with Gasteiger partial charge in [0.25, 0.3) is 0 Å². The molecule has 2 bridgehead atoms. The zero-order valence-corrected chi connectivity index (χ0v) is 21.6. The molecule has 2 aliphatic carbocycles. The lowest BCUT2D eigenvalue weighted by Crippen LogP contribution is -2.42. The number of anilines is 1. The standard InChI is InChI=1S/C26H20F3N3O5S2/c27-26(28,29)10-3-1-4-11(7-10)30-15(33)9-32-23(34)17-12-8-13(18(17)24(32)35)20-16(12)19(14-5-2-6-37-14)21-22(38-20)31-25(36)39-21/h1-7,12-13,16-20H,8-9H2,(H,30,33)(H,31,36)/t12-,13-,16+,17+,18-,19-,20-/m1/s1. The number of fused-ring (bicyclic) bond motifs is 9. The van der Waals surface area contributed by atoms with Crippen molar-refractivity contribution in [1.29, 1.82) is 0 Å². The predicted octanol–water partition coefficient (Wildman–Crippen LogP) is 4.16. The number of thiazole rings is 1. The molecule has 8 nitrogen and oxygen atoms in total. The van der Waals surface area contributed by atoms with Crippen molar-refractivity contribution < 1.29 is 32.0 Å². The molecule has 3 fully saturated rings. The van der Waals surface area contributed by atoms with Crippen LogP contribution in [0.15, 0.2) is 56.9 Å². The third-order valence-corrected chi connectivity index (χ3v) is 11.0. The Morgan fingerprint density at radius 3 is 2.59 bits per heavy atom. The normalized spacial score (nSPS) is 30.8. The number of alkyl halides is 3. The summed E-state index contributed by atoms with van der Waals surface area (Å²) < 4.78 is 44.9. The first-order chi connectivity index (χ1) is 18.6. The van der Waals surface area contributed by atoms with Crippen molar-refractivity contribution in [3.05, 3.63) is 68.5 Å². The largest absolute Gasteiger partial charge is 0.469 e. The van der Waals surface area contributed by atoms with E-state index in [1.807, 2.05) is 6.07 Å². The van der Waals surface area contributed by atoms with E-state index in [0.717, 1.165) is 38.3 Å². The van der Waals surface area contributed by atoms with E-state index < -0.39 is 47.8 Å². The number of thioether (sulfide) groups is 1. The maximum Gasteiger partial charge on any atom is 0.416 e. The molecule has 2 N–H and O–H groups in total. The average Bonchev–Trinajstić information content (AvgIpc) is 3.69. The summed E-state index contributed by atoms with van der Waals surface area (Å²) in [6, 6.07) is 7.83. The SMILES string of the molecule is O=C(CN1C(=O)[C@@H]2[C@H]3C[C@@H]([C@@H]2C1=O)[C@H]1[C@@H](c2ccco2)c2sc(=O)[nH]c2S[C@H]31)Nc1cccc(C(F)(F)F)c1. The second kappa shape index (κ2) is 8.59. The molecule has 4 aliphatic rings. The van der Waals surface area contributed by atoms with E-state index >= 15 is 0 Å². The molecule has 4 heterocycles. The summed E-state index contributed by atoms with van der Waals surface area (Å²) in [7, 11) is 0. The van der Waals surface area contributed by atoms with E-state index in [1.54, 1.807) is 24.1 Å². The van der Waals surface area contributed by atoms with Crippen LogP contribution in [0.4, 0.5) is 18.9 Å². The lowest BCUT2D eigenvalue weighted by atomic mass is 9.69. The van der Waals surface area contributed by atoms with E-state index in [0.29, 0.717) is 12.2 Å². The molecular weight excluding hydrogens is 555 g/mol. The summed E-state index contributed by atoms with van der Waals surface area (Å²) in [6.45, 7) is -0.564. The first kappa shape index (κ1) is 24.7. The molecule has 1 aromatic carbocycles. The van der Waals surface area contributed by atoms with Crippen LogP contribution >= 0.6 is 23.1 Å². The molecular formula is C26H20F3N3O5S2. The Hall–Kier alpha value is -3.32. The van der Waals surface area contributed by atoms with E-state index in [-0.39, 0.29) is 39.5 Å². The van der Waals surface area contributed by atoms with Gasteiger partial charge < -0.3 is 14.7 Å². The van der Waals surface area contributed by atoms with Crippen molar-refractivity contribution in [2.75, 3.05) is 11.9 Å². The van der Waals surface area contributed by atoms with Crippen molar-refractivity contribution in [2.45, 2.75) is 28.8 Å². The fourth-order valence-corrected chi connectivity index (χ4v) is 10.0. The molecule has 39 heavy (non-hydrogen) atoms. The lowest BCUT2D eigenvalue weighted by molar-refractivity contribution is -0.143. The summed E-state index contributed by atoms with van der Waals surface area (Å²) in [5, 5.41) is 3.14. The number of carbonyl (C=O) groups is 3. The molecule has 0 spiro atoms. The number of carbonyl (C=O) groups excluding carboxylic acids is 3. The van der Waals surface area contributed by atoms with Gasteiger partial charge in [0, 0.05) is 10.9 Å². The number of halogens is 3. The molecule has 3 amide bonds. The highest BCUT2D eigenvalue weighted by molar-refractivity contribution is 8.00. The quantitative estimate of drug-likeness (QED) is 0.452. The van der Waals surface area contributed by atoms with Crippen molar-refractivity contribution in [3.8, 4) is 0 Å². The smallest absolute Gasteiger partial charge is 0.416 e. The molecule has 2 aromatic heterocycles. The van der Waals surface area contributed by atoms with Gasteiger partial charge in [0.2, 0.25) is 17.7 Å². The Morgan fingerprint density at radius 1 is 1.10 bits per heavy atom. The Labute approximate surface area is 226 Å². The van der Waals surface area contributed by atoms with Crippen LogP contribution < -0.4 is 10.2 Å². The van der Waals surface area contributed by atoms with Crippen LogP contribution in [0.25, 0.3) is 0 Å². The van der Waals surface area contributed by atoms with Crippen LogP contribution in [0.1, 0.15) is 28.5 Å². The summed E-state index contributed by atoms with van der Waals surface area (Å²) in [4.78, 5) is 56.6. The van der Waals surface area contributed by atoms with Crippen LogP contribution in [-0.2, 0) is 20.6 Å². The minimum absolute atomic E-state index is 0.0141. The second-order valence-corrected chi connectivity index (χ2v) is 12.6. The van der Waals surface area contributed by atoms with Gasteiger partial charge in [-0.15, -0.1) is 11.8 Å². The van der Waals surface area contributed by atoms with Crippen LogP contribution in [0.5, 0.6) is 0 Å². The number of H-pyrrole nitrogens is 1. The number of aromatic nitrogens is 1. The number of nitrogens with zero attached hydrogens (tertiary/aromatic N) is 1. The van der Waals surface area contributed by atoms with Gasteiger partial charge in [0.15, 0.2) is 0 Å². The maximum atomic E-state index is 13.6. The highest BCUT2D eigenvalue weighted by atomic mass is 32.2. The van der Waals surface area contributed by atoms with Gasteiger partial charge in [0.05, 0.1) is 39.5 Å². The molecule has 0 unspecified atom stereocenters. The van der Waals surface area contributed by atoms with Gasteiger partial charge in [-0.2, -0.15) is 13.2 Å². The first-order valence-electron chi connectivity index (χ1n) is 12.4. The molecule has 7 rings (SSSR count). The van der Waals surface area contributed by atoms with Gasteiger partial charge in [-0.3, -0.25) is 24.1 Å². The van der Waals surface area contributed by atoms with Crippen molar-refractivity contribution in [1.82, 2.24) is 9.88 Å². The number of likely N-dealkylation sites (tertiary alicyclic amines) is 1. The number of imide groups is 1. The number of hydrogen-bond acceptors (Lipinski definition) is 7. The van der Waals surface area contributed by atoms with Gasteiger partial charge in [-0.25, -0.2) is 0 Å². The summed E-state index contributed by atoms with van der Waals surface area (Å²) in [5.74, 6) is -2.53. The van der Waals surface area contributed by atoms with Gasteiger partial charge in [-0.05, 0) is 54.5 Å². The number of rotatable bonds is 4. The molecule has 3 aromatic rings. The Balaban J connectivity index is 1.14. The molecule has 0 radical (unpaired) electrons. The minimum Gasteiger partial charge on any atom is -0.469 e. The number of nitrogens with one attached hydrogen (secondary N) is 2. The third kappa shape index (κ3) is 3.73. The number of hydrogen-bond donors (Lipinski definition) is 2. The molecule has 2 aliphatic heterocycles. The van der Waals surface area contributed by atoms with Crippen LogP contribution in [0.2, 0.25) is 0 Å². The average molecular weight is 576 g/mol. The van der Waals surface area contributed by atoms with E-state index in [4.69, 9.17) is 4.42 Å². The highest BCUT2D eigenvalue weighted by Gasteiger charge is 2.69. The first-order valence-corrected chi connectivity index (χ1v) is 14.1. The Morgan fingerprint density at radius 2 is 1.87 bits per heavy atom. The Kier molecular flexibility index (Phi) is 5.44. The number of amides is 3. The van der Waals surface area contributed by atoms with Crippen molar-refractivity contribution >= 4 is 46.5 Å². The van der Waals surface area contributed by atoms with E-state index in [9.17, 15) is 32.3 Å². The van der Waals surface area contributed by atoms with Crippen molar-refractivity contribution in [3.63, 3.8) is 0 Å². The zero-order chi connectivity index (χ0) is 27.2. The van der Waals surface area contributed by atoms with E-state index in [2.05, 4.69) is 10.3 Å². The summed E-state index contributed by atoms with van der Waals surface area (Å²) >= 11 is 2.68. The van der Waals surface area contributed by atoms with Gasteiger partial charge >= 0.3 is 11.0 Å². The molecule has 7 atom stereocenters. The maximum absolute atomic E-state index is 13.6. The number of aromatic amines is 1. The zero-order valence-electron chi connectivity index (χ0n) is 19.9. The molecule has 202 valence electrons. The minimum atomic E-state index is -4.57. The number of furan rings is 1. The lowest BCUT2D eigenvalue weighted by Gasteiger charge is -2.42. The predicted molar refractivity (Wildman–Crippen MR) is 134 cm³/mol. The molecule has 1 saturated heterocycles. The second-order valence-electron chi connectivity index (χ2n) is 10.4. The summed E-state index contributed by atoms with van der Waals surface area (Å²) in [5.41, 5.74) is -0.987. The molecule has 13 heteroatoms. The monoisotopic (exact) mass is 575 g/mol. The highest BCUT2D eigenvalue weighted by Crippen LogP contribution is 2.68. The summed E-state index contributed by atoms with van der Waals surface area (Å²) in [6.07, 6.45) is -2.31.